The van der Waals surface area contributed by atoms with Gasteiger partial charge in [-0.15, -0.1) is 0 Å². The molecule has 0 unspecified atom stereocenters. The van der Waals surface area contributed by atoms with Crippen molar-refractivity contribution in [3.05, 3.63) is 51.1 Å². The Bertz CT molecular complexity index is 717. The van der Waals surface area contributed by atoms with Crippen LogP contribution in [0.25, 0.3) is 0 Å². The van der Waals surface area contributed by atoms with Crippen molar-refractivity contribution in [1.82, 2.24) is 5.32 Å². The summed E-state index contributed by atoms with van der Waals surface area (Å²) in [7, 11) is 0. The van der Waals surface area contributed by atoms with Crippen molar-refractivity contribution < 1.29 is 19.4 Å². The number of halogens is 1. The summed E-state index contributed by atoms with van der Waals surface area (Å²) >= 11 is 2.10. The predicted octanol–water partition coefficient (Wildman–Crippen LogP) is 2.70. The van der Waals surface area contributed by atoms with Gasteiger partial charge < -0.3 is 19.9 Å². The zero-order valence-electron chi connectivity index (χ0n) is 11.6. The molecule has 0 radical (unpaired) electrons. The number of phenolic OH excluding ortho intramolecular Hbond substituents is 1. The summed E-state index contributed by atoms with van der Waals surface area (Å²) < 4.78 is 11.9. The van der Waals surface area contributed by atoms with E-state index < -0.39 is 0 Å². The van der Waals surface area contributed by atoms with Crippen LogP contribution in [-0.4, -0.2) is 24.2 Å². The van der Waals surface area contributed by atoms with Crippen molar-refractivity contribution >= 4 is 28.5 Å². The fourth-order valence-electron chi connectivity index (χ4n) is 2.17. The molecule has 2 aromatic carbocycles. The van der Waals surface area contributed by atoms with Crippen LogP contribution in [0, 0.1) is 3.57 Å². The molecule has 1 amide bonds. The molecule has 1 aliphatic heterocycles. The molecule has 0 fully saturated rings. The highest BCUT2D eigenvalue weighted by molar-refractivity contribution is 14.1. The smallest absolute Gasteiger partial charge is 0.255 e. The Balaban J connectivity index is 1.69. The van der Waals surface area contributed by atoms with Gasteiger partial charge in [-0.25, -0.2) is 0 Å². The summed E-state index contributed by atoms with van der Waals surface area (Å²) in [6, 6.07) is 10.5. The third-order valence-electron chi connectivity index (χ3n) is 3.26. The Morgan fingerprint density at radius 3 is 2.73 bits per heavy atom. The molecule has 114 valence electrons. The van der Waals surface area contributed by atoms with Crippen molar-refractivity contribution in [2.24, 2.45) is 0 Å². The van der Waals surface area contributed by atoms with Gasteiger partial charge >= 0.3 is 0 Å². The second-order valence-corrected chi connectivity index (χ2v) is 6.07. The molecule has 1 heterocycles. The maximum absolute atomic E-state index is 12.1. The summed E-state index contributed by atoms with van der Waals surface area (Å²) in [6.45, 7) is 1.43. The molecule has 0 saturated carbocycles. The van der Waals surface area contributed by atoms with E-state index in [2.05, 4.69) is 27.9 Å². The Kier molecular flexibility index (Phi) is 4.37. The van der Waals surface area contributed by atoms with Crippen molar-refractivity contribution in [2.75, 3.05) is 13.2 Å². The highest BCUT2D eigenvalue weighted by atomic mass is 127. The molecule has 1 aliphatic rings. The third kappa shape index (κ3) is 3.27. The third-order valence-corrected chi connectivity index (χ3v) is 3.93. The van der Waals surface area contributed by atoms with E-state index in [0.29, 0.717) is 25.5 Å². The molecule has 0 bridgehead atoms. The van der Waals surface area contributed by atoms with E-state index in [0.717, 1.165) is 14.9 Å². The van der Waals surface area contributed by atoms with Gasteiger partial charge in [-0.05, 0) is 58.5 Å². The van der Waals surface area contributed by atoms with Crippen LogP contribution in [0.4, 0.5) is 0 Å². The molecular formula is C16H14INO4. The predicted molar refractivity (Wildman–Crippen MR) is 89.4 cm³/mol. The fourth-order valence-corrected chi connectivity index (χ4v) is 2.66. The number of aromatic hydroxyl groups is 1. The Hall–Kier alpha value is -1.96. The van der Waals surface area contributed by atoms with Crippen LogP contribution in [0.3, 0.4) is 0 Å². The van der Waals surface area contributed by atoms with Crippen molar-refractivity contribution in [3.63, 3.8) is 0 Å². The standard InChI is InChI=1S/C16H14INO4/c17-11-2-3-13(19)12(8-11)16(20)18-9-10-1-4-14-15(7-10)22-6-5-21-14/h1-4,7-8,19H,5-6,9H2,(H,18,20). The second-order valence-electron chi connectivity index (χ2n) is 4.82. The maximum Gasteiger partial charge on any atom is 0.255 e. The zero-order chi connectivity index (χ0) is 15.5. The summed E-state index contributed by atoms with van der Waals surface area (Å²) in [5, 5.41) is 12.6. The second kappa shape index (κ2) is 6.43. The number of hydrogen-bond acceptors (Lipinski definition) is 4. The van der Waals surface area contributed by atoms with Gasteiger partial charge in [0, 0.05) is 10.1 Å². The minimum atomic E-state index is -0.314. The molecule has 22 heavy (non-hydrogen) atoms. The lowest BCUT2D eigenvalue weighted by molar-refractivity contribution is 0.0948. The van der Waals surface area contributed by atoms with E-state index in [-0.39, 0.29) is 17.2 Å². The molecular weight excluding hydrogens is 397 g/mol. The Morgan fingerprint density at radius 2 is 1.91 bits per heavy atom. The molecule has 0 atom stereocenters. The van der Waals surface area contributed by atoms with Crippen LogP contribution in [0.15, 0.2) is 36.4 Å². The number of benzene rings is 2. The number of carbonyl (C=O) groups excluding carboxylic acids is 1. The first-order valence-electron chi connectivity index (χ1n) is 6.79. The van der Waals surface area contributed by atoms with E-state index in [4.69, 9.17) is 9.47 Å². The molecule has 5 nitrogen and oxygen atoms in total. The van der Waals surface area contributed by atoms with Gasteiger partial charge in [0.05, 0.1) is 5.56 Å². The summed E-state index contributed by atoms with van der Waals surface area (Å²) in [4.78, 5) is 12.1. The average Bonchev–Trinajstić information content (AvgIpc) is 2.54. The van der Waals surface area contributed by atoms with Crippen molar-refractivity contribution in [1.29, 1.82) is 0 Å². The van der Waals surface area contributed by atoms with Gasteiger partial charge in [-0.2, -0.15) is 0 Å². The Labute approximate surface area is 141 Å². The van der Waals surface area contributed by atoms with Gasteiger partial charge in [-0.1, -0.05) is 6.07 Å². The first-order valence-corrected chi connectivity index (χ1v) is 7.86. The van der Waals surface area contributed by atoms with Gasteiger partial charge in [0.25, 0.3) is 5.91 Å². The maximum atomic E-state index is 12.1. The topological polar surface area (TPSA) is 67.8 Å². The number of nitrogens with one attached hydrogen (secondary N) is 1. The molecule has 6 heteroatoms. The van der Waals surface area contributed by atoms with Crippen molar-refractivity contribution in [3.8, 4) is 17.2 Å². The molecule has 0 aromatic heterocycles. The molecule has 3 rings (SSSR count). The van der Waals surface area contributed by atoms with Gasteiger partial charge in [0.2, 0.25) is 0 Å². The SMILES string of the molecule is O=C(NCc1ccc2c(c1)OCCO2)c1cc(I)ccc1O. The number of hydrogen-bond donors (Lipinski definition) is 2. The van der Waals surface area contributed by atoms with Crippen molar-refractivity contribution in [2.45, 2.75) is 6.54 Å². The molecule has 0 aliphatic carbocycles. The average molecular weight is 411 g/mol. The van der Waals surface area contributed by atoms with E-state index in [9.17, 15) is 9.90 Å². The minimum absolute atomic E-state index is 0.0277. The highest BCUT2D eigenvalue weighted by Gasteiger charge is 2.14. The van der Waals surface area contributed by atoms with Gasteiger partial charge in [0.15, 0.2) is 11.5 Å². The molecule has 0 saturated heterocycles. The highest BCUT2D eigenvalue weighted by Crippen LogP contribution is 2.30. The number of fused-ring (bicyclic) bond motifs is 1. The van der Waals surface area contributed by atoms with Crippen LogP contribution < -0.4 is 14.8 Å². The molecule has 0 spiro atoms. The van der Waals surface area contributed by atoms with Crippen LogP contribution in [-0.2, 0) is 6.54 Å². The van der Waals surface area contributed by atoms with E-state index in [1.807, 2.05) is 18.2 Å². The summed E-state index contributed by atoms with van der Waals surface area (Å²) in [5.74, 6) is 1.07. The largest absolute Gasteiger partial charge is 0.507 e. The lowest BCUT2D eigenvalue weighted by atomic mass is 10.1. The number of ether oxygens (including phenoxy) is 2. The molecule has 2 aromatic rings. The van der Waals surface area contributed by atoms with Crippen LogP contribution >= 0.6 is 22.6 Å². The number of phenols is 1. The molecule has 2 N–H and O–H groups in total. The summed E-state index contributed by atoms with van der Waals surface area (Å²) in [5.41, 5.74) is 1.17. The monoisotopic (exact) mass is 411 g/mol. The summed E-state index contributed by atoms with van der Waals surface area (Å²) in [6.07, 6.45) is 0. The normalized spacial score (nSPS) is 12.8. The number of rotatable bonds is 3. The van der Waals surface area contributed by atoms with Gasteiger partial charge in [-0.3, -0.25) is 4.79 Å². The minimum Gasteiger partial charge on any atom is -0.507 e. The number of amides is 1. The van der Waals surface area contributed by atoms with Crippen LogP contribution in [0.1, 0.15) is 15.9 Å². The first kappa shape index (κ1) is 15.0. The zero-order valence-corrected chi connectivity index (χ0v) is 13.8. The Morgan fingerprint density at radius 1 is 1.14 bits per heavy atom. The van der Waals surface area contributed by atoms with Crippen LogP contribution in [0.2, 0.25) is 0 Å². The lowest BCUT2D eigenvalue weighted by Crippen LogP contribution is -2.23. The van der Waals surface area contributed by atoms with E-state index in [1.54, 1.807) is 12.1 Å². The first-order chi connectivity index (χ1) is 10.6. The van der Waals surface area contributed by atoms with E-state index >= 15 is 0 Å². The lowest BCUT2D eigenvalue weighted by Gasteiger charge is -2.19. The quantitative estimate of drug-likeness (QED) is 0.763. The van der Waals surface area contributed by atoms with E-state index in [1.165, 1.54) is 6.07 Å². The van der Waals surface area contributed by atoms with Crippen LogP contribution in [0.5, 0.6) is 17.2 Å². The number of carbonyl (C=O) groups is 1. The van der Waals surface area contributed by atoms with Gasteiger partial charge in [0.1, 0.15) is 19.0 Å². The fraction of sp³-hybridized carbons (Fsp3) is 0.188.